The molecule has 1 fully saturated rings. The van der Waals surface area contributed by atoms with E-state index in [0.717, 1.165) is 37.6 Å². The Morgan fingerprint density at radius 3 is 2.89 bits per heavy atom. The van der Waals surface area contributed by atoms with E-state index in [1.54, 1.807) is 4.90 Å². The van der Waals surface area contributed by atoms with Crippen LogP contribution < -0.4 is 5.32 Å². The van der Waals surface area contributed by atoms with Crippen molar-refractivity contribution >= 4 is 11.8 Å². The third-order valence-corrected chi connectivity index (χ3v) is 3.02. The van der Waals surface area contributed by atoms with Crippen LogP contribution in [0.5, 0.6) is 0 Å². The second-order valence-corrected chi connectivity index (χ2v) is 4.57. The highest BCUT2D eigenvalue weighted by atomic mass is 16.2. The molecule has 1 aliphatic rings. The Morgan fingerprint density at radius 2 is 2.22 bits per heavy atom. The van der Waals surface area contributed by atoms with Crippen LogP contribution in [0, 0.1) is 0 Å². The molecular formula is C13H20N4O. The molecule has 2 rings (SSSR count). The van der Waals surface area contributed by atoms with Gasteiger partial charge in [-0.05, 0) is 18.6 Å². The first-order valence-electron chi connectivity index (χ1n) is 6.40. The van der Waals surface area contributed by atoms with Gasteiger partial charge in [-0.15, -0.1) is 0 Å². The second kappa shape index (κ2) is 5.71. The second-order valence-electron chi connectivity index (χ2n) is 4.57. The van der Waals surface area contributed by atoms with Crippen molar-refractivity contribution in [3.05, 3.63) is 23.9 Å². The first-order chi connectivity index (χ1) is 8.70. The van der Waals surface area contributed by atoms with E-state index in [-0.39, 0.29) is 6.03 Å². The fraction of sp³-hybridized carbons (Fsp3) is 0.538. The van der Waals surface area contributed by atoms with Crippen LogP contribution in [0.4, 0.5) is 10.6 Å². The van der Waals surface area contributed by atoms with E-state index in [0.29, 0.717) is 6.54 Å². The molecular weight excluding hydrogens is 228 g/mol. The molecule has 0 aliphatic carbocycles. The highest BCUT2D eigenvalue weighted by Crippen LogP contribution is 2.12. The van der Waals surface area contributed by atoms with Gasteiger partial charge in [0.15, 0.2) is 0 Å². The Hall–Kier alpha value is -1.78. The molecule has 0 bridgehead atoms. The van der Waals surface area contributed by atoms with Crippen molar-refractivity contribution in [1.82, 2.24) is 14.8 Å². The first-order valence-corrected chi connectivity index (χ1v) is 6.40. The summed E-state index contributed by atoms with van der Waals surface area (Å²) < 4.78 is 0. The van der Waals surface area contributed by atoms with Crippen LogP contribution in [-0.4, -0.2) is 47.5 Å². The fourth-order valence-electron chi connectivity index (χ4n) is 1.96. The number of carbonyl (C=O) groups is 1. The maximum Gasteiger partial charge on any atom is 0.320 e. The summed E-state index contributed by atoms with van der Waals surface area (Å²) >= 11 is 0. The Bertz CT molecular complexity index is 421. The molecule has 0 aromatic carbocycles. The largest absolute Gasteiger partial charge is 0.370 e. The van der Waals surface area contributed by atoms with Crippen LogP contribution in [0.1, 0.15) is 19.0 Å². The molecule has 5 nitrogen and oxygen atoms in total. The number of hydrogen-bond donors (Lipinski definition) is 1. The number of carbonyl (C=O) groups excluding carboxylic acids is 1. The van der Waals surface area contributed by atoms with Gasteiger partial charge in [0.2, 0.25) is 0 Å². The van der Waals surface area contributed by atoms with Crippen LogP contribution in [0.15, 0.2) is 18.2 Å². The van der Waals surface area contributed by atoms with E-state index in [1.807, 2.05) is 30.1 Å². The van der Waals surface area contributed by atoms with Gasteiger partial charge in [0.1, 0.15) is 5.82 Å². The van der Waals surface area contributed by atoms with Gasteiger partial charge in [-0.25, -0.2) is 9.78 Å². The quantitative estimate of drug-likeness (QED) is 0.864. The molecule has 0 atom stereocenters. The van der Waals surface area contributed by atoms with Crippen LogP contribution in [0.2, 0.25) is 0 Å². The average Bonchev–Trinajstić information content (AvgIpc) is 2.69. The summed E-state index contributed by atoms with van der Waals surface area (Å²) in [6, 6.07) is 5.98. The Morgan fingerprint density at radius 1 is 1.39 bits per heavy atom. The predicted molar refractivity (Wildman–Crippen MR) is 71.5 cm³/mol. The van der Waals surface area contributed by atoms with Crippen molar-refractivity contribution in [2.75, 3.05) is 32.0 Å². The van der Waals surface area contributed by atoms with E-state index in [1.165, 1.54) is 0 Å². The van der Waals surface area contributed by atoms with E-state index < -0.39 is 0 Å². The van der Waals surface area contributed by atoms with Crippen LogP contribution >= 0.6 is 0 Å². The maximum atomic E-state index is 11.8. The zero-order valence-corrected chi connectivity index (χ0v) is 11.0. The topological polar surface area (TPSA) is 48.5 Å². The SMILES string of the molecule is CCCNc1cccc(CN2CCN(C)C2=O)n1. The molecule has 98 valence electrons. The lowest BCUT2D eigenvalue weighted by Gasteiger charge is -2.15. The smallest absolute Gasteiger partial charge is 0.320 e. The monoisotopic (exact) mass is 248 g/mol. The minimum atomic E-state index is 0.0868. The number of anilines is 1. The average molecular weight is 248 g/mol. The van der Waals surface area contributed by atoms with Gasteiger partial charge in [-0.2, -0.15) is 0 Å². The van der Waals surface area contributed by atoms with Gasteiger partial charge in [0, 0.05) is 26.7 Å². The highest BCUT2D eigenvalue weighted by molar-refractivity contribution is 5.76. The zero-order valence-electron chi connectivity index (χ0n) is 11.0. The van der Waals surface area contributed by atoms with Crippen molar-refractivity contribution in [2.45, 2.75) is 19.9 Å². The van der Waals surface area contributed by atoms with Gasteiger partial charge in [0.05, 0.1) is 12.2 Å². The normalized spacial score (nSPS) is 15.3. The number of nitrogens with zero attached hydrogens (tertiary/aromatic N) is 3. The number of aromatic nitrogens is 1. The van der Waals surface area contributed by atoms with Gasteiger partial charge >= 0.3 is 6.03 Å². The summed E-state index contributed by atoms with van der Waals surface area (Å²) in [4.78, 5) is 19.8. The molecule has 0 saturated carbocycles. The van der Waals surface area contributed by atoms with Crippen molar-refractivity contribution in [3.63, 3.8) is 0 Å². The molecule has 18 heavy (non-hydrogen) atoms. The number of likely N-dealkylation sites (N-methyl/N-ethyl adjacent to an activating group) is 1. The third-order valence-electron chi connectivity index (χ3n) is 3.02. The molecule has 2 amide bonds. The van der Waals surface area contributed by atoms with Crippen molar-refractivity contribution in [3.8, 4) is 0 Å². The molecule has 0 unspecified atom stereocenters. The lowest BCUT2D eigenvalue weighted by atomic mass is 10.3. The Labute approximate surface area is 108 Å². The molecule has 5 heteroatoms. The van der Waals surface area contributed by atoms with Crippen LogP contribution in [0.25, 0.3) is 0 Å². The van der Waals surface area contributed by atoms with E-state index in [9.17, 15) is 4.79 Å². The minimum absolute atomic E-state index is 0.0868. The summed E-state index contributed by atoms with van der Waals surface area (Å²) in [5, 5.41) is 3.25. The van der Waals surface area contributed by atoms with Crippen molar-refractivity contribution in [1.29, 1.82) is 0 Å². The molecule has 1 N–H and O–H groups in total. The molecule has 1 aromatic heterocycles. The standard InChI is InChI=1S/C13H20N4O/c1-3-7-14-12-6-4-5-11(15-12)10-17-9-8-16(2)13(17)18/h4-6H,3,7-10H2,1-2H3,(H,14,15). The molecule has 1 aliphatic heterocycles. The molecule has 0 radical (unpaired) electrons. The maximum absolute atomic E-state index is 11.8. The zero-order chi connectivity index (χ0) is 13.0. The van der Waals surface area contributed by atoms with E-state index >= 15 is 0 Å². The molecule has 1 saturated heterocycles. The number of amides is 2. The number of hydrogen-bond acceptors (Lipinski definition) is 3. The van der Waals surface area contributed by atoms with Crippen LogP contribution in [-0.2, 0) is 6.54 Å². The Balaban J connectivity index is 1.99. The summed E-state index contributed by atoms with van der Waals surface area (Å²) in [7, 11) is 1.83. The summed E-state index contributed by atoms with van der Waals surface area (Å²) in [5.41, 5.74) is 0.930. The van der Waals surface area contributed by atoms with Crippen molar-refractivity contribution in [2.24, 2.45) is 0 Å². The lowest BCUT2D eigenvalue weighted by Crippen LogP contribution is -2.29. The van der Waals surface area contributed by atoms with Gasteiger partial charge in [-0.1, -0.05) is 13.0 Å². The van der Waals surface area contributed by atoms with E-state index in [2.05, 4.69) is 17.2 Å². The van der Waals surface area contributed by atoms with Gasteiger partial charge in [0.25, 0.3) is 0 Å². The van der Waals surface area contributed by atoms with Crippen molar-refractivity contribution < 1.29 is 4.79 Å². The summed E-state index contributed by atoms with van der Waals surface area (Å²) in [5.74, 6) is 0.884. The first kappa shape index (κ1) is 12.7. The van der Waals surface area contributed by atoms with Crippen LogP contribution in [0.3, 0.4) is 0 Å². The third kappa shape index (κ3) is 2.91. The molecule has 2 heterocycles. The summed E-state index contributed by atoms with van der Waals surface area (Å²) in [6.45, 7) is 5.21. The van der Waals surface area contributed by atoms with Gasteiger partial charge in [-0.3, -0.25) is 0 Å². The van der Waals surface area contributed by atoms with Gasteiger partial charge < -0.3 is 15.1 Å². The lowest BCUT2D eigenvalue weighted by molar-refractivity contribution is 0.196. The number of nitrogens with one attached hydrogen (secondary N) is 1. The molecule has 1 aromatic rings. The number of rotatable bonds is 5. The van der Waals surface area contributed by atoms with E-state index in [4.69, 9.17) is 0 Å². The number of urea groups is 1. The Kier molecular flexibility index (Phi) is 4.02. The molecule has 0 spiro atoms. The predicted octanol–water partition coefficient (Wildman–Crippen LogP) is 1.77. The highest BCUT2D eigenvalue weighted by Gasteiger charge is 2.25. The fourth-order valence-corrected chi connectivity index (χ4v) is 1.96. The summed E-state index contributed by atoms with van der Waals surface area (Å²) in [6.07, 6.45) is 1.07. The number of pyridine rings is 1. The minimum Gasteiger partial charge on any atom is -0.370 e.